The minimum atomic E-state index is -0.746. The molecule has 0 aliphatic carbocycles. The summed E-state index contributed by atoms with van der Waals surface area (Å²) < 4.78 is 26.0. The van der Waals surface area contributed by atoms with Gasteiger partial charge in [0.2, 0.25) is 0 Å². The maximum Gasteiger partial charge on any atom is 0.261 e. The van der Waals surface area contributed by atoms with Gasteiger partial charge in [-0.05, 0) is 54.8 Å². The molecule has 10 heteroatoms. The van der Waals surface area contributed by atoms with Crippen LogP contribution in [0.25, 0.3) is 0 Å². The van der Waals surface area contributed by atoms with Crippen LogP contribution in [0.3, 0.4) is 0 Å². The van der Waals surface area contributed by atoms with Crippen molar-refractivity contribution in [2.45, 2.75) is 46.9 Å². The van der Waals surface area contributed by atoms with Crippen LogP contribution in [-0.2, 0) is 13.2 Å². The summed E-state index contributed by atoms with van der Waals surface area (Å²) in [5.41, 5.74) is -0.550. The molecule has 0 saturated carbocycles. The summed E-state index contributed by atoms with van der Waals surface area (Å²) in [4.78, 5) is 40.3. The van der Waals surface area contributed by atoms with E-state index in [1.807, 2.05) is 39.8 Å². The first-order valence-electron chi connectivity index (χ1n) is 12.8. The molecule has 0 unspecified atom stereocenters. The highest BCUT2D eigenvalue weighted by Crippen LogP contribution is 2.40. The summed E-state index contributed by atoms with van der Waals surface area (Å²) in [6, 6.07) is 10.7. The third-order valence-electron chi connectivity index (χ3n) is 7.15. The second-order valence-electron chi connectivity index (χ2n) is 10.9. The molecule has 208 valence electrons. The molecule has 5 rings (SSSR count). The lowest BCUT2D eigenvalue weighted by Crippen LogP contribution is -2.39. The number of aliphatic hydroxyl groups excluding tert-OH is 1. The van der Waals surface area contributed by atoms with Gasteiger partial charge in [-0.3, -0.25) is 14.4 Å². The number of amides is 1. The molecule has 3 aromatic carbocycles. The second kappa shape index (κ2) is 9.95. The van der Waals surface area contributed by atoms with Gasteiger partial charge in [0.15, 0.2) is 0 Å². The number of methoxy groups -OCH3 is 1. The fourth-order valence-corrected chi connectivity index (χ4v) is 5.01. The third-order valence-corrected chi connectivity index (χ3v) is 7.15. The van der Waals surface area contributed by atoms with Crippen LogP contribution in [-0.4, -0.2) is 18.1 Å². The molecule has 40 heavy (non-hydrogen) atoms. The van der Waals surface area contributed by atoms with E-state index in [1.54, 1.807) is 18.2 Å². The van der Waals surface area contributed by atoms with E-state index in [4.69, 9.17) is 9.15 Å². The van der Waals surface area contributed by atoms with Crippen molar-refractivity contribution < 1.29 is 23.4 Å². The van der Waals surface area contributed by atoms with E-state index >= 15 is 0 Å². The van der Waals surface area contributed by atoms with Crippen molar-refractivity contribution in [3.05, 3.63) is 96.9 Å². The molecule has 0 saturated heterocycles. The van der Waals surface area contributed by atoms with E-state index < -0.39 is 34.0 Å². The van der Waals surface area contributed by atoms with E-state index in [-0.39, 0.29) is 41.3 Å². The van der Waals surface area contributed by atoms with Gasteiger partial charge in [-0.2, -0.15) is 0 Å². The summed E-state index contributed by atoms with van der Waals surface area (Å²) in [6.45, 7) is 7.31. The first-order chi connectivity index (χ1) is 18.9. The van der Waals surface area contributed by atoms with Crippen LogP contribution < -0.4 is 31.1 Å². The first-order valence-corrected chi connectivity index (χ1v) is 12.8. The lowest BCUT2D eigenvalue weighted by Gasteiger charge is -2.31. The number of furan rings is 1. The summed E-state index contributed by atoms with van der Waals surface area (Å²) >= 11 is 0. The molecule has 1 aliphatic rings. The van der Waals surface area contributed by atoms with Crippen LogP contribution in [0, 0.1) is 18.2 Å². The molecule has 3 N–H and O–H groups in total. The van der Waals surface area contributed by atoms with Gasteiger partial charge in [0.25, 0.3) is 16.8 Å². The Balaban J connectivity index is 1.50. The zero-order valence-electron chi connectivity index (χ0n) is 22.8. The number of aliphatic hydroxyl groups is 1. The molecule has 9 nitrogen and oxygen atoms in total. The Kier molecular flexibility index (Phi) is 6.75. The monoisotopic (exact) mass is 547 g/mol. The van der Waals surface area contributed by atoms with Crippen LogP contribution in [0.15, 0.2) is 56.5 Å². The largest absolute Gasteiger partial charge is 0.497 e. The molecule has 4 aromatic rings. The van der Waals surface area contributed by atoms with Crippen LogP contribution in [0.1, 0.15) is 59.8 Å². The average molecular weight is 548 g/mol. The summed E-state index contributed by atoms with van der Waals surface area (Å²) in [7, 11) is 1.49. The van der Waals surface area contributed by atoms with Gasteiger partial charge in [-0.25, -0.2) is 4.39 Å². The summed E-state index contributed by atoms with van der Waals surface area (Å²) in [6.07, 6.45) is 0. The Hall–Kier alpha value is -4.44. The number of carbonyl (C=O) groups is 1. The number of fused-ring (bicyclic) bond motifs is 1. The number of hydrogen-bond acceptors (Lipinski definition) is 8. The maximum absolute atomic E-state index is 14.9. The Labute approximate surface area is 229 Å². The van der Waals surface area contributed by atoms with Gasteiger partial charge in [-0.15, -0.1) is 0 Å². The molecule has 1 atom stereocenters. The number of halogens is 1. The Morgan fingerprint density at radius 3 is 2.42 bits per heavy atom. The predicted octanol–water partition coefficient (Wildman–Crippen LogP) is 4.93. The number of rotatable bonds is 8. The number of nitrogens with zero attached hydrogens (tertiary/aromatic N) is 1. The van der Waals surface area contributed by atoms with E-state index in [0.29, 0.717) is 28.5 Å². The van der Waals surface area contributed by atoms with Crippen LogP contribution in [0.4, 0.5) is 27.1 Å². The maximum atomic E-state index is 14.9. The highest BCUT2D eigenvalue weighted by molar-refractivity contribution is 6.14. The zero-order chi connectivity index (χ0) is 28.9. The van der Waals surface area contributed by atoms with Crippen molar-refractivity contribution in [3.8, 4) is 5.75 Å². The summed E-state index contributed by atoms with van der Waals surface area (Å²) in [5, 5.41) is 16.0. The highest BCUT2D eigenvalue weighted by Gasteiger charge is 2.37. The lowest BCUT2D eigenvalue weighted by atomic mass is 9.85. The van der Waals surface area contributed by atoms with Gasteiger partial charge < -0.3 is 29.8 Å². The second-order valence-corrected chi connectivity index (χ2v) is 10.9. The van der Waals surface area contributed by atoms with Gasteiger partial charge in [0.05, 0.1) is 43.2 Å². The number of hydrogen-bond donors (Lipinski definition) is 3. The smallest absolute Gasteiger partial charge is 0.261 e. The zero-order valence-corrected chi connectivity index (χ0v) is 22.8. The number of aryl methyl sites for hydroxylation is 1. The number of anilines is 4. The standard InChI is InChI=1S/C30H30FN3O6/c1-15-6-11-22(40-15)28(30(2,3)4)33-25-24(26(36)27(25)37)32-20-9-8-19(31)18-13-34(29(38)23(18)20)21-10-7-17(39-5)12-16(21)14-35/h6-12,28,32-33,35H,13-14H2,1-5H3/t28-/m0/s1. The molecule has 1 aromatic heterocycles. The fourth-order valence-electron chi connectivity index (χ4n) is 5.01. The van der Waals surface area contributed by atoms with Crippen molar-refractivity contribution in [1.29, 1.82) is 0 Å². The quantitative estimate of drug-likeness (QED) is 0.266. The molecule has 2 heterocycles. The van der Waals surface area contributed by atoms with Crippen molar-refractivity contribution >= 4 is 28.7 Å². The molecule has 1 aliphatic heterocycles. The van der Waals surface area contributed by atoms with Crippen molar-refractivity contribution in [1.82, 2.24) is 0 Å². The minimum Gasteiger partial charge on any atom is -0.497 e. The number of nitrogens with one attached hydrogen (secondary N) is 2. The van der Waals surface area contributed by atoms with Gasteiger partial charge in [0, 0.05) is 11.1 Å². The van der Waals surface area contributed by atoms with Crippen LogP contribution in [0.2, 0.25) is 0 Å². The van der Waals surface area contributed by atoms with Gasteiger partial charge in [0.1, 0.15) is 34.5 Å². The fraction of sp³-hybridized carbons (Fsp3) is 0.300. The average Bonchev–Trinajstić information content (AvgIpc) is 3.51. The molecular formula is C30H30FN3O6. The molecule has 0 radical (unpaired) electrons. The molecular weight excluding hydrogens is 517 g/mol. The summed E-state index contributed by atoms with van der Waals surface area (Å²) in [5.74, 6) is 0.726. The van der Waals surface area contributed by atoms with Crippen molar-refractivity contribution in [2.75, 3.05) is 22.6 Å². The SMILES string of the molecule is COc1ccc(N2Cc3c(F)ccc(Nc4c(N[C@@H](c5ccc(C)o5)C(C)(C)C)c(=O)c4=O)c3C2=O)c(CO)c1. The van der Waals surface area contributed by atoms with E-state index in [2.05, 4.69) is 10.6 Å². The lowest BCUT2D eigenvalue weighted by molar-refractivity contribution is 0.0997. The minimum absolute atomic E-state index is 0.0110. The van der Waals surface area contributed by atoms with Gasteiger partial charge >= 0.3 is 0 Å². The van der Waals surface area contributed by atoms with E-state index in [1.165, 1.54) is 24.1 Å². The first kappa shape index (κ1) is 27.1. The number of ether oxygens (including phenoxy) is 1. The topological polar surface area (TPSA) is 121 Å². The predicted molar refractivity (Wildman–Crippen MR) is 150 cm³/mol. The van der Waals surface area contributed by atoms with Crippen molar-refractivity contribution in [3.63, 3.8) is 0 Å². The molecule has 0 fully saturated rings. The van der Waals surface area contributed by atoms with Gasteiger partial charge in [-0.1, -0.05) is 20.8 Å². The molecule has 1 amide bonds. The van der Waals surface area contributed by atoms with Crippen LogP contribution in [0.5, 0.6) is 5.75 Å². The number of benzene rings is 2. The highest BCUT2D eigenvalue weighted by atomic mass is 19.1. The Bertz CT molecular complexity index is 1690. The normalized spacial score (nSPS) is 14.0. The Morgan fingerprint density at radius 2 is 1.80 bits per heavy atom. The van der Waals surface area contributed by atoms with Crippen LogP contribution >= 0.6 is 0 Å². The van der Waals surface area contributed by atoms with E-state index in [0.717, 1.165) is 0 Å². The molecule has 0 spiro atoms. The molecule has 0 bridgehead atoms. The Morgan fingerprint density at radius 1 is 1.07 bits per heavy atom. The van der Waals surface area contributed by atoms with Crippen molar-refractivity contribution in [2.24, 2.45) is 5.41 Å². The third kappa shape index (κ3) is 4.54. The number of carbonyl (C=O) groups excluding carboxylic acids is 1. The van der Waals surface area contributed by atoms with E-state index in [9.17, 15) is 23.9 Å².